The third-order valence-corrected chi connectivity index (χ3v) is 7.70. The molecule has 0 unspecified atom stereocenters. The van der Waals surface area contributed by atoms with E-state index in [4.69, 9.17) is 16.3 Å². The number of rotatable bonds is 5. The zero-order valence-corrected chi connectivity index (χ0v) is 18.1. The van der Waals surface area contributed by atoms with Crippen LogP contribution in [-0.2, 0) is 10.0 Å². The number of hydrogen-bond acceptors (Lipinski definition) is 5. The molecule has 2 aliphatic rings. The summed E-state index contributed by atoms with van der Waals surface area (Å²) in [7, 11) is -3.48. The zero-order chi connectivity index (χ0) is 21.1. The summed E-state index contributed by atoms with van der Waals surface area (Å²) in [6.45, 7) is 2.20. The zero-order valence-electron chi connectivity index (χ0n) is 16.5. The fourth-order valence-electron chi connectivity index (χ4n) is 3.89. The number of likely N-dealkylation sites (tertiary alicyclic amines) is 1. The predicted octanol–water partition coefficient (Wildman–Crippen LogP) is 3.20. The van der Waals surface area contributed by atoms with Gasteiger partial charge in [-0.05, 0) is 49.9 Å². The molecule has 0 radical (unpaired) electrons. The van der Waals surface area contributed by atoms with Gasteiger partial charge >= 0.3 is 0 Å². The number of pyridine rings is 1. The molecule has 160 valence electrons. The quantitative estimate of drug-likeness (QED) is 0.700. The molecule has 0 saturated carbocycles. The molecule has 1 aromatic heterocycles. The van der Waals surface area contributed by atoms with E-state index in [0.717, 1.165) is 25.7 Å². The first-order chi connectivity index (χ1) is 14.4. The Balaban J connectivity index is 1.43. The van der Waals surface area contributed by atoms with Gasteiger partial charge in [0, 0.05) is 43.7 Å². The Morgan fingerprint density at radius 3 is 2.50 bits per heavy atom. The fraction of sp³-hybridized carbons (Fsp3) is 0.429. The smallest absolute Gasteiger partial charge is 0.253 e. The van der Waals surface area contributed by atoms with Crippen LogP contribution >= 0.6 is 11.6 Å². The van der Waals surface area contributed by atoms with E-state index >= 15 is 0 Å². The number of halogens is 1. The number of ether oxygens (including phenoxy) is 1. The van der Waals surface area contributed by atoms with E-state index in [-0.39, 0.29) is 16.9 Å². The molecule has 1 aromatic carbocycles. The topological polar surface area (TPSA) is 79.8 Å². The molecular formula is C21H24ClN3O4S. The van der Waals surface area contributed by atoms with Crippen molar-refractivity contribution in [2.24, 2.45) is 0 Å². The Morgan fingerprint density at radius 2 is 1.80 bits per heavy atom. The highest BCUT2D eigenvalue weighted by molar-refractivity contribution is 7.89. The van der Waals surface area contributed by atoms with Crippen LogP contribution in [0.15, 0.2) is 47.6 Å². The van der Waals surface area contributed by atoms with Crippen molar-refractivity contribution in [2.45, 2.75) is 36.7 Å². The Labute approximate surface area is 181 Å². The first kappa shape index (κ1) is 21.1. The SMILES string of the molecule is O=C(c1ccc(S(=O)(=O)N2CCCC2)cc1)N1CCC[C@H](Oc2ccncc2Cl)C1. The number of piperidine rings is 1. The molecule has 3 heterocycles. The number of aromatic nitrogens is 1. The normalized spacial score (nSPS) is 20.3. The largest absolute Gasteiger partial charge is 0.487 e. The summed E-state index contributed by atoms with van der Waals surface area (Å²) in [6, 6.07) is 7.94. The number of benzene rings is 1. The molecule has 0 N–H and O–H groups in total. The van der Waals surface area contributed by atoms with Gasteiger partial charge in [-0.1, -0.05) is 11.6 Å². The van der Waals surface area contributed by atoms with Crippen LogP contribution in [0.2, 0.25) is 5.02 Å². The van der Waals surface area contributed by atoms with Crippen LogP contribution in [0, 0.1) is 0 Å². The number of carbonyl (C=O) groups is 1. The van der Waals surface area contributed by atoms with Gasteiger partial charge in [-0.2, -0.15) is 4.31 Å². The molecular weight excluding hydrogens is 426 g/mol. The van der Waals surface area contributed by atoms with E-state index in [1.165, 1.54) is 22.6 Å². The first-order valence-corrected chi connectivity index (χ1v) is 11.9. The van der Waals surface area contributed by atoms with Gasteiger partial charge in [0.05, 0.1) is 11.4 Å². The van der Waals surface area contributed by atoms with Gasteiger partial charge in [-0.3, -0.25) is 9.78 Å². The van der Waals surface area contributed by atoms with E-state index in [1.807, 2.05) is 0 Å². The predicted molar refractivity (Wildman–Crippen MR) is 113 cm³/mol. The van der Waals surface area contributed by atoms with E-state index in [2.05, 4.69) is 4.98 Å². The lowest BCUT2D eigenvalue weighted by Gasteiger charge is -2.33. The molecule has 4 rings (SSSR count). The van der Waals surface area contributed by atoms with Crippen molar-refractivity contribution in [3.05, 3.63) is 53.3 Å². The average Bonchev–Trinajstić information content (AvgIpc) is 3.31. The molecule has 2 fully saturated rings. The van der Waals surface area contributed by atoms with E-state index in [1.54, 1.807) is 29.3 Å². The van der Waals surface area contributed by atoms with Gasteiger partial charge in [0.2, 0.25) is 10.0 Å². The van der Waals surface area contributed by atoms with Crippen LogP contribution in [0.4, 0.5) is 0 Å². The molecule has 2 aliphatic heterocycles. The Kier molecular flexibility index (Phi) is 6.26. The molecule has 0 spiro atoms. The summed E-state index contributed by atoms with van der Waals surface area (Å²) in [6.07, 6.45) is 6.41. The summed E-state index contributed by atoms with van der Waals surface area (Å²) >= 11 is 6.12. The maximum absolute atomic E-state index is 13.0. The Bertz CT molecular complexity index is 1010. The van der Waals surface area contributed by atoms with Crippen molar-refractivity contribution in [2.75, 3.05) is 26.2 Å². The Hall–Kier alpha value is -2.16. The second-order valence-electron chi connectivity index (χ2n) is 7.57. The molecule has 7 nitrogen and oxygen atoms in total. The molecule has 2 saturated heterocycles. The summed E-state index contributed by atoms with van der Waals surface area (Å²) in [4.78, 5) is 18.9. The van der Waals surface area contributed by atoms with Gasteiger partial charge in [0.15, 0.2) is 0 Å². The van der Waals surface area contributed by atoms with Crippen LogP contribution in [0.1, 0.15) is 36.0 Å². The fourth-order valence-corrected chi connectivity index (χ4v) is 5.57. The van der Waals surface area contributed by atoms with Gasteiger partial charge < -0.3 is 9.64 Å². The summed E-state index contributed by atoms with van der Waals surface area (Å²) < 4.78 is 32.8. The van der Waals surface area contributed by atoms with Crippen LogP contribution in [-0.4, -0.2) is 60.8 Å². The van der Waals surface area contributed by atoms with Gasteiger partial charge in [-0.25, -0.2) is 8.42 Å². The van der Waals surface area contributed by atoms with E-state index in [9.17, 15) is 13.2 Å². The van der Waals surface area contributed by atoms with Crippen molar-refractivity contribution in [3.8, 4) is 5.75 Å². The third kappa shape index (κ3) is 4.45. The monoisotopic (exact) mass is 449 g/mol. The number of amides is 1. The van der Waals surface area contributed by atoms with Gasteiger partial charge in [0.25, 0.3) is 5.91 Å². The second kappa shape index (κ2) is 8.91. The highest BCUT2D eigenvalue weighted by atomic mass is 35.5. The first-order valence-electron chi connectivity index (χ1n) is 10.1. The molecule has 1 amide bonds. The van der Waals surface area contributed by atoms with Crippen LogP contribution < -0.4 is 4.74 Å². The lowest BCUT2D eigenvalue weighted by atomic mass is 10.1. The standard InChI is InChI=1S/C21H24ClN3O4S/c22-19-14-23-10-9-20(19)29-17-4-3-11-24(15-17)21(26)16-5-7-18(8-6-16)30(27,28)25-12-1-2-13-25/h5-10,14,17H,1-4,11-13,15H2/t17-/m0/s1. The molecule has 0 aliphatic carbocycles. The van der Waals surface area contributed by atoms with Crippen LogP contribution in [0.25, 0.3) is 0 Å². The third-order valence-electron chi connectivity index (χ3n) is 5.50. The van der Waals surface area contributed by atoms with Crippen molar-refractivity contribution >= 4 is 27.5 Å². The molecule has 9 heteroatoms. The molecule has 0 bridgehead atoms. The summed E-state index contributed by atoms with van der Waals surface area (Å²) in [5.41, 5.74) is 0.470. The van der Waals surface area contributed by atoms with Crippen LogP contribution in [0.3, 0.4) is 0 Å². The van der Waals surface area contributed by atoms with Gasteiger partial charge in [0.1, 0.15) is 16.9 Å². The van der Waals surface area contributed by atoms with Crippen molar-refractivity contribution < 1.29 is 17.9 Å². The van der Waals surface area contributed by atoms with Crippen molar-refractivity contribution in [1.29, 1.82) is 0 Å². The lowest BCUT2D eigenvalue weighted by molar-refractivity contribution is 0.0538. The minimum Gasteiger partial charge on any atom is -0.487 e. The average molecular weight is 450 g/mol. The summed E-state index contributed by atoms with van der Waals surface area (Å²) in [5, 5.41) is 0.441. The van der Waals surface area contributed by atoms with Crippen molar-refractivity contribution in [1.82, 2.24) is 14.2 Å². The maximum Gasteiger partial charge on any atom is 0.253 e. The number of nitrogens with zero attached hydrogens (tertiary/aromatic N) is 3. The van der Waals surface area contributed by atoms with Crippen LogP contribution in [0.5, 0.6) is 5.75 Å². The molecule has 30 heavy (non-hydrogen) atoms. The van der Waals surface area contributed by atoms with E-state index < -0.39 is 10.0 Å². The Morgan fingerprint density at radius 1 is 1.07 bits per heavy atom. The van der Waals surface area contributed by atoms with E-state index in [0.29, 0.717) is 42.5 Å². The maximum atomic E-state index is 13.0. The summed E-state index contributed by atoms with van der Waals surface area (Å²) in [5.74, 6) is 0.427. The minimum absolute atomic E-state index is 0.130. The minimum atomic E-state index is -3.48. The number of hydrogen-bond donors (Lipinski definition) is 0. The molecule has 2 aromatic rings. The highest BCUT2D eigenvalue weighted by Gasteiger charge is 2.29. The molecule has 1 atom stereocenters. The highest BCUT2D eigenvalue weighted by Crippen LogP contribution is 2.26. The van der Waals surface area contributed by atoms with Crippen molar-refractivity contribution in [3.63, 3.8) is 0 Å². The number of carbonyl (C=O) groups excluding carboxylic acids is 1. The van der Waals surface area contributed by atoms with Gasteiger partial charge in [-0.15, -0.1) is 0 Å². The second-order valence-corrected chi connectivity index (χ2v) is 9.92. The lowest BCUT2D eigenvalue weighted by Crippen LogP contribution is -2.44. The number of sulfonamides is 1.